The molecule has 3 N–H and O–H groups in total. The molecule has 28 heavy (non-hydrogen) atoms. The maximum absolute atomic E-state index is 10.5. The Hall–Kier alpha value is -1.61. The largest absolute Gasteiger partial charge is 0.394 e. The van der Waals surface area contributed by atoms with E-state index in [2.05, 4.69) is 18.8 Å². The van der Waals surface area contributed by atoms with Gasteiger partial charge in [0.25, 0.3) is 0 Å². The molecule has 0 spiro atoms. The first-order chi connectivity index (χ1) is 13.5. The van der Waals surface area contributed by atoms with E-state index in [-0.39, 0.29) is 6.61 Å². The van der Waals surface area contributed by atoms with Crippen molar-refractivity contribution in [3.05, 3.63) is 17.3 Å². The van der Waals surface area contributed by atoms with Crippen molar-refractivity contribution in [3.63, 3.8) is 0 Å². The molecule has 0 aliphatic carbocycles. The van der Waals surface area contributed by atoms with Gasteiger partial charge in [-0.05, 0) is 26.2 Å². The third kappa shape index (κ3) is 3.91. The number of unbranched alkanes of at least 4 members (excludes halogenated alkanes) is 2. The Bertz CT molecular complexity index is 750. The molecule has 3 heterocycles. The molecule has 156 valence electrons. The summed E-state index contributed by atoms with van der Waals surface area (Å²) in [5.74, 6) is 1.89. The van der Waals surface area contributed by atoms with Crippen LogP contribution in [-0.2, 0) is 24.1 Å². The third-order valence-corrected chi connectivity index (χ3v) is 5.42. The number of hydrogen-bond acceptors (Lipinski definition) is 7. The smallest absolute Gasteiger partial charge is 0.183 e. The van der Waals surface area contributed by atoms with Gasteiger partial charge in [-0.1, -0.05) is 26.7 Å². The Balaban J connectivity index is 2.09. The average molecular weight is 393 g/mol. The number of aliphatic hydroxyl groups excluding tert-OH is 3. The predicted octanol–water partition coefficient (Wildman–Crippen LogP) is 1.64. The van der Waals surface area contributed by atoms with Gasteiger partial charge in [-0.15, -0.1) is 0 Å². The summed E-state index contributed by atoms with van der Waals surface area (Å²) in [6.45, 7) is 6.58. The van der Waals surface area contributed by atoms with E-state index in [1.165, 1.54) is 0 Å². The van der Waals surface area contributed by atoms with Crippen LogP contribution in [0, 0.1) is 0 Å². The van der Waals surface area contributed by atoms with Gasteiger partial charge in [0.2, 0.25) is 0 Å². The van der Waals surface area contributed by atoms with Gasteiger partial charge >= 0.3 is 0 Å². The van der Waals surface area contributed by atoms with Crippen LogP contribution in [0.3, 0.4) is 0 Å². The predicted molar refractivity (Wildman–Crippen MR) is 104 cm³/mol. The van der Waals surface area contributed by atoms with E-state index in [4.69, 9.17) is 14.7 Å². The minimum Gasteiger partial charge on any atom is -0.394 e. The van der Waals surface area contributed by atoms with Crippen molar-refractivity contribution in [2.75, 3.05) is 6.61 Å². The highest BCUT2D eigenvalue weighted by Gasteiger charge is 2.45. The van der Waals surface area contributed by atoms with Crippen molar-refractivity contribution in [1.82, 2.24) is 19.5 Å². The first-order valence-corrected chi connectivity index (χ1v) is 10.4. The van der Waals surface area contributed by atoms with Gasteiger partial charge in [-0.25, -0.2) is 15.0 Å². The number of aromatic nitrogens is 4. The normalized spacial score (nSPS) is 25.1. The van der Waals surface area contributed by atoms with Crippen molar-refractivity contribution in [2.45, 2.75) is 90.3 Å². The molecule has 0 aromatic heterocycles. The lowest BCUT2D eigenvalue weighted by Crippen LogP contribution is -2.33. The van der Waals surface area contributed by atoms with Gasteiger partial charge in [-0.2, -0.15) is 0 Å². The van der Waals surface area contributed by atoms with Crippen molar-refractivity contribution < 1.29 is 20.1 Å². The third-order valence-electron chi connectivity index (χ3n) is 5.42. The number of aliphatic hydroxyl groups is 3. The van der Waals surface area contributed by atoms with Gasteiger partial charge in [0, 0.05) is 18.7 Å². The molecule has 3 aliphatic heterocycles. The maximum Gasteiger partial charge on any atom is 0.183 e. The Morgan fingerprint density at radius 2 is 1.68 bits per heavy atom. The molecule has 1 fully saturated rings. The van der Waals surface area contributed by atoms with E-state index in [1.54, 1.807) is 0 Å². The maximum atomic E-state index is 10.5. The molecule has 0 aromatic carbocycles. The van der Waals surface area contributed by atoms with Crippen LogP contribution in [-0.4, -0.2) is 59.8 Å². The van der Waals surface area contributed by atoms with Crippen molar-refractivity contribution >= 4 is 0 Å². The fourth-order valence-electron chi connectivity index (χ4n) is 3.81. The molecule has 3 rings (SSSR count). The molecule has 8 nitrogen and oxygen atoms in total. The second-order valence-electron chi connectivity index (χ2n) is 7.44. The van der Waals surface area contributed by atoms with Gasteiger partial charge in [0.15, 0.2) is 5.82 Å². The number of imidazole rings is 1. The zero-order valence-corrected chi connectivity index (χ0v) is 17.0. The Kier molecular flexibility index (Phi) is 6.98. The molecular formula is C20H32N4O4. The minimum absolute atomic E-state index is 0.358. The fraction of sp³-hybridized carbons (Fsp3) is 0.750. The monoisotopic (exact) mass is 392 g/mol. The highest BCUT2D eigenvalue weighted by Crippen LogP contribution is 2.36. The Morgan fingerprint density at radius 3 is 2.29 bits per heavy atom. The molecule has 8 heteroatoms. The van der Waals surface area contributed by atoms with E-state index in [1.807, 2.05) is 11.5 Å². The number of nitrogens with zero attached hydrogens (tertiary/aromatic N) is 4. The number of aryl methyl sites for hydroxylation is 1. The summed E-state index contributed by atoms with van der Waals surface area (Å²) in [6, 6.07) is 0. The number of fused-ring (bicyclic) bond motifs is 1. The summed E-state index contributed by atoms with van der Waals surface area (Å²) in [5, 5.41) is 30.1. The van der Waals surface area contributed by atoms with Gasteiger partial charge in [0.1, 0.15) is 41.8 Å². The highest BCUT2D eigenvalue weighted by molar-refractivity contribution is 5.56. The Labute approximate surface area is 166 Å². The van der Waals surface area contributed by atoms with Crippen molar-refractivity contribution in [2.24, 2.45) is 0 Å². The van der Waals surface area contributed by atoms with Crippen LogP contribution in [0.5, 0.6) is 0 Å². The van der Waals surface area contributed by atoms with Gasteiger partial charge in [-0.3, -0.25) is 0 Å². The molecular weight excluding hydrogens is 360 g/mol. The number of ether oxygens (including phenoxy) is 1. The zero-order valence-electron chi connectivity index (χ0n) is 17.0. The summed E-state index contributed by atoms with van der Waals surface area (Å²) >= 11 is 0. The summed E-state index contributed by atoms with van der Waals surface area (Å²) in [6.07, 6.45) is 1.86. The van der Waals surface area contributed by atoms with Crippen LogP contribution in [0.2, 0.25) is 0 Å². The fourth-order valence-corrected chi connectivity index (χ4v) is 3.81. The van der Waals surface area contributed by atoms with Gasteiger partial charge in [0.05, 0.1) is 6.61 Å². The van der Waals surface area contributed by atoms with Gasteiger partial charge < -0.3 is 24.6 Å². The van der Waals surface area contributed by atoms with E-state index in [9.17, 15) is 15.3 Å². The standard InChI is InChI=1S/C20H32N4O4/c1-4-7-9-12-15-19(22-14(21-15)10-8-5-2)23-20(24(12)6-3)18-17(27)16(26)13(11-25)28-18/h13,16-18,25-27H,4-11H2,1-3H3/t13-,16-,17-,18?/m1/s1. The summed E-state index contributed by atoms with van der Waals surface area (Å²) < 4.78 is 7.79. The Morgan fingerprint density at radius 1 is 0.964 bits per heavy atom. The molecule has 0 bridgehead atoms. The zero-order chi connectivity index (χ0) is 20.3. The van der Waals surface area contributed by atoms with Crippen LogP contribution >= 0.6 is 0 Å². The van der Waals surface area contributed by atoms with Crippen LogP contribution in [0.25, 0.3) is 11.5 Å². The van der Waals surface area contributed by atoms with E-state index in [0.29, 0.717) is 18.2 Å². The lowest BCUT2D eigenvalue weighted by Gasteiger charge is -2.23. The quantitative estimate of drug-likeness (QED) is 0.594. The molecule has 3 aliphatic rings. The summed E-state index contributed by atoms with van der Waals surface area (Å²) in [4.78, 5) is 14.1. The number of hydrogen-bond donors (Lipinski definition) is 3. The summed E-state index contributed by atoms with van der Waals surface area (Å²) in [7, 11) is 0. The van der Waals surface area contributed by atoms with E-state index >= 15 is 0 Å². The van der Waals surface area contributed by atoms with Crippen LogP contribution in [0.4, 0.5) is 0 Å². The lowest BCUT2D eigenvalue weighted by molar-refractivity contribution is -0.0266. The topological polar surface area (TPSA) is 114 Å². The lowest BCUT2D eigenvalue weighted by atomic mass is 10.1. The highest BCUT2D eigenvalue weighted by atomic mass is 16.6. The van der Waals surface area contributed by atoms with E-state index < -0.39 is 24.4 Å². The second kappa shape index (κ2) is 9.26. The average Bonchev–Trinajstić information content (AvgIpc) is 3.24. The molecule has 1 saturated heterocycles. The molecule has 0 saturated carbocycles. The summed E-state index contributed by atoms with van der Waals surface area (Å²) in [5.41, 5.74) is 1.86. The van der Waals surface area contributed by atoms with Crippen LogP contribution < -0.4 is 0 Å². The molecule has 0 radical (unpaired) electrons. The second-order valence-corrected chi connectivity index (χ2v) is 7.44. The first kappa shape index (κ1) is 21.1. The first-order valence-electron chi connectivity index (χ1n) is 10.4. The molecule has 0 aromatic rings. The van der Waals surface area contributed by atoms with Crippen molar-refractivity contribution in [1.29, 1.82) is 0 Å². The molecule has 1 unspecified atom stereocenters. The molecule has 4 atom stereocenters. The van der Waals surface area contributed by atoms with E-state index in [0.717, 1.165) is 55.7 Å². The minimum atomic E-state index is -1.15. The number of rotatable bonds is 9. The molecule has 0 amide bonds. The SMILES string of the molecule is CCCCc1nc2nc(C3O[C@H](CO)[C@@H](O)[C@H]3O)n(CC)c(CCCC)c-2n1. The van der Waals surface area contributed by atoms with Crippen molar-refractivity contribution in [3.8, 4) is 11.5 Å². The van der Waals surface area contributed by atoms with Crippen LogP contribution in [0.1, 0.15) is 69.9 Å². The van der Waals surface area contributed by atoms with Crippen LogP contribution in [0.15, 0.2) is 0 Å².